The van der Waals surface area contributed by atoms with Gasteiger partial charge < -0.3 is 14.2 Å². The van der Waals surface area contributed by atoms with Gasteiger partial charge in [-0.1, -0.05) is 37.3 Å². The molecule has 100 valence electrons. The van der Waals surface area contributed by atoms with E-state index in [1.165, 1.54) is 5.56 Å². The number of benzene rings is 1. The third-order valence-corrected chi connectivity index (χ3v) is 3.14. The van der Waals surface area contributed by atoms with Crippen LogP contribution in [0.4, 0.5) is 0 Å². The molecule has 1 aliphatic heterocycles. The van der Waals surface area contributed by atoms with Gasteiger partial charge in [0.25, 0.3) is 0 Å². The fourth-order valence-electron chi connectivity index (χ4n) is 2.18. The van der Waals surface area contributed by atoms with Crippen molar-refractivity contribution >= 4 is 0 Å². The summed E-state index contributed by atoms with van der Waals surface area (Å²) < 4.78 is 17.2. The van der Waals surface area contributed by atoms with Crippen LogP contribution in [-0.2, 0) is 20.8 Å². The van der Waals surface area contributed by atoms with Crippen molar-refractivity contribution in [2.75, 3.05) is 6.61 Å². The molecule has 0 amide bonds. The minimum Gasteiger partial charge on any atom is -0.371 e. The second kappa shape index (κ2) is 6.88. The Bertz CT molecular complexity index is 339. The van der Waals surface area contributed by atoms with Gasteiger partial charge in [-0.3, -0.25) is 0 Å². The first-order chi connectivity index (χ1) is 8.78. The van der Waals surface area contributed by atoms with Crippen LogP contribution in [0, 0.1) is 0 Å². The lowest BCUT2D eigenvalue weighted by Gasteiger charge is -2.33. The van der Waals surface area contributed by atoms with E-state index in [9.17, 15) is 0 Å². The molecule has 0 aliphatic carbocycles. The average Bonchev–Trinajstić information content (AvgIpc) is 2.39. The maximum atomic E-state index is 5.80. The van der Waals surface area contributed by atoms with Crippen LogP contribution in [0.25, 0.3) is 0 Å². The third kappa shape index (κ3) is 4.09. The van der Waals surface area contributed by atoms with Gasteiger partial charge in [0.05, 0.1) is 25.4 Å². The summed E-state index contributed by atoms with van der Waals surface area (Å²) >= 11 is 0. The summed E-state index contributed by atoms with van der Waals surface area (Å²) in [6.07, 6.45) is 2.35. The Labute approximate surface area is 109 Å². The van der Waals surface area contributed by atoms with E-state index in [1.807, 2.05) is 18.2 Å². The largest absolute Gasteiger partial charge is 0.371 e. The molecule has 0 bridgehead atoms. The Kier molecular flexibility index (Phi) is 5.17. The molecule has 1 aliphatic rings. The molecule has 2 rings (SSSR count). The Morgan fingerprint density at radius 1 is 1.22 bits per heavy atom. The van der Waals surface area contributed by atoms with Crippen LogP contribution in [0.5, 0.6) is 0 Å². The lowest BCUT2D eigenvalue weighted by Crippen LogP contribution is -2.39. The molecule has 3 unspecified atom stereocenters. The van der Waals surface area contributed by atoms with Crippen LogP contribution < -0.4 is 0 Å². The summed E-state index contributed by atoms with van der Waals surface area (Å²) in [5.41, 5.74) is 1.17. The van der Waals surface area contributed by atoms with Crippen molar-refractivity contribution in [1.29, 1.82) is 0 Å². The molecule has 0 spiro atoms. The second-order valence-electron chi connectivity index (χ2n) is 4.78. The van der Waals surface area contributed by atoms with Gasteiger partial charge in [-0.15, -0.1) is 0 Å². The van der Waals surface area contributed by atoms with Gasteiger partial charge in [-0.05, 0) is 25.3 Å². The fourth-order valence-corrected chi connectivity index (χ4v) is 2.18. The summed E-state index contributed by atoms with van der Waals surface area (Å²) in [6, 6.07) is 10.1. The molecule has 18 heavy (non-hydrogen) atoms. The lowest BCUT2D eigenvalue weighted by atomic mass is 10.1. The molecule has 1 aromatic rings. The van der Waals surface area contributed by atoms with Crippen LogP contribution in [0.2, 0.25) is 0 Å². The van der Waals surface area contributed by atoms with E-state index < -0.39 is 0 Å². The highest BCUT2D eigenvalue weighted by Gasteiger charge is 2.26. The topological polar surface area (TPSA) is 27.7 Å². The molecular weight excluding hydrogens is 228 g/mol. The highest BCUT2D eigenvalue weighted by Crippen LogP contribution is 2.20. The fraction of sp³-hybridized carbons (Fsp3) is 0.600. The Balaban J connectivity index is 1.73. The molecule has 0 aromatic heterocycles. The van der Waals surface area contributed by atoms with Gasteiger partial charge in [0.15, 0.2) is 6.29 Å². The van der Waals surface area contributed by atoms with Crippen molar-refractivity contribution in [3.8, 4) is 0 Å². The molecule has 3 heteroatoms. The summed E-state index contributed by atoms with van der Waals surface area (Å²) in [6.45, 7) is 5.34. The SMILES string of the molecule is CCC1CC(C)OC(COCc2ccccc2)O1. The molecule has 0 saturated carbocycles. The van der Waals surface area contributed by atoms with E-state index in [-0.39, 0.29) is 12.4 Å². The summed E-state index contributed by atoms with van der Waals surface area (Å²) in [5, 5.41) is 0. The first-order valence-corrected chi connectivity index (χ1v) is 6.70. The van der Waals surface area contributed by atoms with Gasteiger partial charge in [0.1, 0.15) is 0 Å². The zero-order valence-corrected chi connectivity index (χ0v) is 11.2. The normalized spacial score (nSPS) is 28.2. The predicted molar refractivity (Wildman–Crippen MR) is 70.2 cm³/mol. The standard InChI is InChI=1S/C15H22O3/c1-3-14-9-12(2)17-15(18-14)11-16-10-13-7-5-4-6-8-13/h4-8,12,14-15H,3,9-11H2,1-2H3. The smallest absolute Gasteiger partial charge is 0.181 e. The van der Waals surface area contributed by atoms with Crippen molar-refractivity contribution in [1.82, 2.24) is 0 Å². The summed E-state index contributed by atoms with van der Waals surface area (Å²) in [7, 11) is 0. The van der Waals surface area contributed by atoms with Gasteiger partial charge in [-0.25, -0.2) is 0 Å². The van der Waals surface area contributed by atoms with Gasteiger partial charge in [0.2, 0.25) is 0 Å². The maximum Gasteiger partial charge on any atom is 0.181 e. The Morgan fingerprint density at radius 3 is 2.72 bits per heavy atom. The number of ether oxygens (including phenoxy) is 3. The van der Waals surface area contributed by atoms with E-state index in [4.69, 9.17) is 14.2 Å². The van der Waals surface area contributed by atoms with Gasteiger partial charge in [0, 0.05) is 0 Å². The first kappa shape index (κ1) is 13.5. The number of hydrogen-bond donors (Lipinski definition) is 0. The number of rotatable bonds is 5. The predicted octanol–water partition coefficient (Wildman–Crippen LogP) is 3.13. The number of hydrogen-bond acceptors (Lipinski definition) is 3. The second-order valence-corrected chi connectivity index (χ2v) is 4.78. The van der Waals surface area contributed by atoms with Crippen LogP contribution in [0.1, 0.15) is 32.3 Å². The molecule has 1 saturated heterocycles. The van der Waals surface area contributed by atoms with Crippen LogP contribution >= 0.6 is 0 Å². The quantitative estimate of drug-likeness (QED) is 0.803. The van der Waals surface area contributed by atoms with Crippen molar-refractivity contribution in [3.63, 3.8) is 0 Å². The van der Waals surface area contributed by atoms with Crippen molar-refractivity contribution in [3.05, 3.63) is 35.9 Å². The van der Waals surface area contributed by atoms with Crippen LogP contribution in [0.3, 0.4) is 0 Å². The molecule has 1 heterocycles. The monoisotopic (exact) mass is 250 g/mol. The highest BCUT2D eigenvalue weighted by molar-refractivity contribution is 5.13. The van der Waals surface area contributed by atoms with E-state index >= 15 is 0 Å². The van der Waals surface area contributed by atoms with E-state index in [2.05, 4.69) is 26.0 Å². The molecule has 0 radical (unpaired) electrons. The molecule has 1 fully saturated rings. The molecule has 0 N–H and O–H groups in total. The zero-order valence-electron chi connectivity index (χ0n) is 11.2. The molecular formula is C15H22O3. The van der Waals surface area contributed by atoms with E-state index in [0.717, 1.165) is 12.8 Å². The van der Waals surface area contributed by atoms with E-state index in [1.54, 1.807) is 0 Å². The van der Waals surface area contributed by atoms with Crippen molar-refractivity contribution in [2.45, 2.75) is 51.8 Å². The van der Waals surface area contributed by atoms with Crippen LogP contribution in [-0.4, -0.2) is 25.1 Å². The minimum absolute atomic E-state index is 0.220. The van der Waals surface area contributed by atoms with E-state index in [0.29, 0.717) is 19.3 Å². The van der Waals surface area contributed by atoms with Gasteiger partial charge >= 0.3 is 0 Å². The van der Waals surface area contributed by atoms with Crippen molar-refractivity contribution in [2.24, 2.45) is 0 Å². The lowest BCUT2D eigenvalue weighted by molar-refractivity contribution is -0.256. The molecule has 3 nitrogen and oxygen atoms in total. The summed E-state index contributed by atoms with van der Waals surface area (Å²) in [4.78, 5) is 0. The minimum atomic E-state index is -0.220. The Hall–Kier alpha value is -0.900. The molecule has 1 aromatic carbocycles. The third-order valence-electron chi connectivity index (χ3n) is 3.14. The molecule has 3 atom stereocenters. The average molecular weight is 250 g/mol. The first-order valence-electron chi connectivity index (χ1n) is 6.70. The maximum absolute atomic E-state index is 5.80. The van der Waals surface area contributed by atoms with Gasteiger partial charge in [-0.2, -0.15) is 0 Å². The van der Waals surface area contributed by atoms with Crippen molar-refractivity contribution < 1.29 is 14.2 Å². The highest BCUT2D eigenvalue weighted by atomic mass is 16.7. The van der Waals surface area contributed by atoms with Crippen LogP contribution in [0.15, 0.2) is 30.3 Å². The Morgan fingerprint density at radius 2 is 2.00 bits per heavy atom. The summed E-state index contributed by atoms with van der Waals surface area (Å²) in [5.74, 6) is 0. The zero-order chi connectivity index (χ0) is 12.8.